The van der Waals surface area contributed by atoms with Crippen molar-refractivity contribution in [2.45, 2.75) is 52.0 Å². The standard InChI is InChI=1S/C21H30N4O/c1-4-6-14-25(5-2)17-12-10-16(11-13-17)21(26)23-19-8-7-9-20-18(19)15-22-24(20)3/h10-13,15,19H,4-9,14H2,1-3H3,(H,23,26)/t19-/m1/s1. The molecule has 1 aliphatic rings. The van der Waals surface area contributed by atoms with Crippen LogP contribution in [0.3, 0.4) is 0 Å². The highest BCUT2D eigenvalue weighted by Crippen LogP contribution is 2.29. The van der Waals surface area contributed by atoms with Gasteiger partial charge in [0.2, 0.25) is 0 Å². The molecule has 0 radical (unpaired) electrons. The average Bonchev–Trinajstić information content (AvgIpc) is 3.05. The number of aromatic nitrogens is 2. The zero-order chi connectivity index (χ0) is 18.5. The molecule has 0 bridgehead atoms. The van der Waals surface area contributed by atoms with Gasteiger partial charge in [-0.3, -0.25) is 9.48 Å². The number of rotatable bonds is 7. The summed E-state index contributed by atoms with van der Waals surface area (Å²) in [4.78, 5) is 15.1. The molecule has 3 rings (SSSR count). The first-order valence-electron chi connectivity index (χ1n) is 9.80. The highest BCUT2D eigenvalue weighted by Gasteiger charge is 2.25. The van der Waals surface area contributed by atoms with E-state index in [0.717, 1.165) is 37.9 Å². The maximum absolute atomic E-state index is 12.7. The zero-order valence-electron chi connectivity index (χ0n) is 16.2. The second-order valence-corrected chi connectivity index (χ2v) is 7.07. The van der Waals surface area contributed by atoms with Crippen LogP contribution in [0.25, 0.3) is 0 Å². The third-order valence-corrected chi connectivity index (χ3v) is 5.34. The fraction of sp³-hybridized carbons (Fsp3) is 0.524. The van der Waals surface area contributed by atoms with E-state index in [1.54, 1.807) is 0 Å². The lowest BCUT2D eigenvalue weighted by molar-refractivity contribution is 0.0932. The number of fused-ring (bicyclic) bond motifs is 1. The first kappa shape index (κ1) is 18.5. The van der Waals surface area contributed by atoms with E-state index in [9.17, 15) is 4.79 Å². The van der Waals surface area contributed by atoms with Gasteiger partial charge in [-0.05, 0) is 56.9 Å². The lowest BCUT2D eigenvalue weighted by Gasteiger charge is -2.24. The van der Waals surface area contributed by atoms with Crippen molar-refractivity contribution in [1.29, 1.82) is 0 Å². The van der Waals surface area contributed by atoms with Crippen LogP contribution in [0.1, 0.15) is 67.2 Å². The molecule has 1 aromatic carbocycles. The Morgan fingerprint density at radius 2 is 2.08 bits per heavy atom. The van der Waals surface area contributed by atoms with Gasteiger partial charge in [0.1, 0.15) is 0 Å². The van der Waals surface area contributed by atoms with Gasteiger partial charge < -0.3 is 10.2 Å². The van der Waals surface area contributed by atoms with Crippen LogP contribution >= 0.6 is 0 Å². The van der Waals surface area contributed by atoms with Crippen molar-refractivity contribution in [3.05, 3.63) is 47.3 Å². The van der Waals surface area contributed by atoms with Crippen LogP contribution in [0.15, 0.2) is 30.5 Å². The molecule has 0 aliphatic heterocycles. The lowest BCUT2D eigenvalue weighted by atomic mass is 9.93. The number of carbonyl (C=O) groups is 1. The molecule has 2 aromatic rings. The first-order chi connectivity index (χ1) is 12.6. The summed E-state index contributed by atoms with van der Waals surface area (Å²) in [6.07, 6.45) is 7.37. The number of nitrogens with one attached hydrogen (secondary N) is 1. The van der Waals surface area contributed by atoms with E-state index in [4.69, 9.17) is 0 Å². The van der Waals surface area contributed by atoms with Gasteiger partial charge in [0.15, 0.2) is 0 Å². The van der Waals surface area contributed by atoms with E-state index in [-0.39, 0.29) is 11.9 Å². The van der Waals surface area contributed by atoms with Crippen molar-refractivity contribution in [2.75, 3.05) is 18.0 Å². The molecule has 5 nitrogen and oxygen atoms in total. The predicted octanol–water partition coefficient (Wildman–Crippen LogP) is 3.85. The summed E-state index contributed by atoms with van der Waals surface area (Å²) >= 11 is 0. The Morgan fingerprint density at radius 3 is 2.77 bits per heavy atom. The molecule has 0 saturated heterocycles. The highest BCUT2D eigenvalue weighted by molar-refractivity contribution is 5.94. The molecule has 5 heteroatoms. The molecule has 0 fully saturated rings. The molecule has 140 valence electrons. The lowest BCUT2D eigenvalue weighted by Crippen LogP contribution is -2.31. The van der Waals surface area contributed by atoms with E-state index in [2.05, 4.69) is 41.3 Å². The molecule has 0 unspecified atom stereocenters. The quantitative estimate of drug-likeness (QED) is 0.821. The SMILES string of the molecule is CCCCN(CC)c1ccc(C(=O)N[C@@H]2CCCc3c2cnn3C)cc1. The smallest absolute Gasteiger partial charge is 0.251 e. The van der Waals surface area contributed by atoms with Gasteiger partial charge in [0, 0.05) is 42.6 Å². The zero-order valence-corrected chi connectivity index (χ0v) is 16.2. The van der Waals surface area contributed by atoms with Crippen LogP contribution in [0.2, 0.25) is 0 Å². The third-order valence-electron chi connectivity index (χ3n) is 5.34. The van der Waals surface area contributed by atoms with Gasteiger partial charge >= 0.3 is 0 Å². The summed E-state index contributed by atoms with van der Waals surface area (Å²) in [5.74, 6) is -0.00476. The molecule has 1 aromatic heterocycles. The van der Waals surface area contributed by atoms with Crippen molar-refractivity contribution in [3.63, 3.8) is 0 Å². The van der Waals surface area contributed by atoms with Crippen LogP contribution in [0.4, 0.5) is 5.69 Å². The van der Waals surface area contributed by atoms with E-state index in [0.29, 0.717) is 0 Å². The van der Waals surface area contributed by atoms with Gasteiger partial charge in [-0.15, -0.1) is 0 Å². The number of hydrogen-bond acceptors (Lipinski definition) is 3. The third kappa shape index (κ3) is 3.92. The minimum Gasteiger partial charge on any atom is -0.372 e. The Bertz CT molecular complexity index is 735. The van der Waals surface area contributed by atoms with Crippen molar-refractivity contribution in [2.24, 2.45) is 7.05 Å². The van der Waals surface area contributed by atoms with Gasteiger partial charge in [0.25, 0.3) is 5.91 Å². The topological polar surface area (TPSA) is 50.2 Å². The van der Waals surface area contributed by atoms with Crippen LogP contribution < -0.4 is 10.2 Å². The number of nitrogens with zero attached hydrogens (tertiary/aromatic N) is 3. The van der Waals surface area contributed by atoms with E-state index in [1.165, 1.54) is 29.8 Å². The number of anilines is 1. The molecule has 0 saturated carbocycles. The average molecular weight is 354 g/mol. The molecule has 1 atom stereocenters. The monoisotopic (exact) mass is 354 g/mol. The highest BCUT2D eigenvalue weighted by atomic mass is 16.1. The Morgan fingerprint density at radius 1 is 1.31 bits per heavy atom. The fourth-order valence-corrected chi connectivity index (χ4v) is 3.74. The van der Waals surface area contributed by atoms with Crippen molar-refractivity contribution in [1.82, 2.24) is 15.1 Å². The van der Waals surface area contributed by atoms with Gasteiger partial charge in [-0.2, -0.15) is 5.10 Å². The molecule has 1 aliphatic carbocycles. The second kappa shape index (κ2) is 8.39. The number of carbonyl (C=O) groups excluding carboxylic acids is 1. The van der Waals surface area contributed by atoms with Crippen molar-refractivity contribution in [3.8, 4) is 0 Å². The number of unbranched alkanes of at least 4 members (excludes halogenated alkanes) is 1. The predicted molar refractivity (Wildman–Crippen MR) is 106 cm³/mol. The summed E-state index contributed by atoms with van der Waals surface area (Å²) in [5.41, 5.74) is 4.31. The Labute approximate surface area is 156 Å². The summed E-state index contributed by atoms with van der Waals surface area (Å²) in [5, 5.41) is 7.55. The summed E-state index contributed by atoms with van der Waals surface area (Å²) in [6, 6.07) is 8.06. The molecule has 1 N–H and O–H groups in total. The largest absolute Gasteiger partial charge is 0.372 e. The van der Waals surface area contributed by atoms with Crippen LogP contribution in [0, 0.1) is 0 Å². The van der Waals surface area contributed by atoms with E-state index >= 15 is 0 Å². The van der Waals surface area contributed by atoms with Crippen molar-refractivity contribution >= 4 is 11.6 Å². The van der Waals surface area contributed by atoms with Crippen LogP contribution in [0.5, 0.6) is 0 Å². The summed E-state index contributed by atoms with van der Waals surface area (Å²) in [6.45, 7) is 6.42. The summed E-state index contributed by atoms with van der Waals surface area (Å²) in [7, 11) is 1.97. The van der Waals surface area contributed by atoms with E-state index < -0.39 is 0 Å². The maximum atomic E-state index is 12.7. The normalized spacial score (nSPS) is 16.2. The molecular formula is C21H30N4O. The first-order valence-corrected chi connectivity index (χ1v) is 9.80. The molecule has 1 heterocycles. The van der Waals surface area contributed by atoms with E-state index in [1.807, 2.05) is 30.1 Å². The maximum Gasteiger partial charge on any atom is 0.251 e. The number of aryl methyl sites for hydroxylation is 1. The number of benzene rings is 1. The number of hydrogen-bond donors (Lipinski definition) is 1. The van der Waals surface area contributed by atoms with Gasteiger partial charge in [-0.25, -0.2) is 0 Å². The molecule has 0 spiro atoms. The molecule has 1 amide bonds. The summed E-state index contributed by atoms with van der Waals surface area (Å²) < 4.78 is 1.93. The molecular weight excluding hydrogens is 324 g/mol. The minimum absolute atomic E-state index is 0.00476. The van der Waals surface area contributed by atoms with Gasteiger partial charge in [0.05, 0.1) is 12.2 Å². The van der Waals surface area contributed by atoms with Crippen molar-refractivity contribution < 1.29 is 4.79 Å². The Hall–Kier alpha value is -2.30. The Balaban J connectivity index is 1.67. The van der Waals surface area contributed by atoms with Crippen LogP contribution in [-0.4, -0.2) is 28.8 Å². The molecule has 26 heavy (non-hydrogen) atoms. The fourth-order valence-electron chi connectivity index (χ4n) is 3.74. The minimum atomic E-state index is -0.00476. The van der Waals surface area contributed by atoms with Crippen LogP contribution in [-0.2, 0) is 13.5 Å². The number of amides is 1. The second-order valence-electron chi connectivity index (χ2n) is 7.07. The Kier molecular flexibility index (Phi) is 5.96. The van der Waals surface area contributed by atoms with Gasteiger partial charge in [-0.1, -0.05) is 13.3 Å².